The molecule has 0 saturated carbocycles. The zero-order valence-corrected chi connectivity index (χ0v) is 12.0. The molecule has 1 amide bonds. The summed E-state index contributed by atoms with van der Waals surface area (Å²) in [6.45, 7) is 1.01. The molecule has 0 heterocycles. The van der Waals surface area contributed by atoms with Crippen LogP contribution in [0.2, 0.25) is 5.02 Å². The fourth-order valence-electron chi connectivity index (χ4n) is 1.71. The minimum Gasteiger partial charge on any atom is -0.380 e. The van der Waals surface area contributed by atoms with E-state index in [9.17, 15) is 4.79 Å². The third-order valence-electron chi connectivity index (χ3n) is 2.89. The van der Waals surface area contributed by atoms with Gasteiger partial charge in [0.25, 0.3) is 0 Å². The number of hydrogen-bond donors (Lipinski definition) is 2. The lowest BCUT2D eigenvalue weighted by Crippen LogP contribution is -2.32. The maximum Gasteiger partial charge on any atom is 0.222 e. The smallest absolute Gasteiger partial charge is 0.222 e. The van der Waals surface area contributed by atoms with E-state index in [0.29, 0.717) is 19.5 Å². The summed E-state index contributed by atoms with van der Waals surface area (Å²) in [6, 6.07) is 7.75. The lowest BCUT2D eigenvalue weighted by molar-refractivity contribution is -0.123. The predicted molar refractivity (Wildman–Crippen MR) is 77.3 cm³/mol. The van der Waals surface area contributed by atoms with Crippen molar-refractivity contribution in [3.8, 4) is 0 Å². The summed E-state index contributed by atoms with van der Waals surface area (Å²) in [6.07, 6.45) is 1.93. The molecular formula is C14H21ClN2O2. The van der Waals surface area contributed by atoms with Gasteiger partial charge in [-0.05, 0) is 30.5 Å². The van der Waals surface area contributed by atoms with Gasteiger partial charge in [-0.1, -0.05) is 23.7 Å². The second-order valence-electron chi connectivity index (χ2n) is 4.38. The number of nitrogens with one attached hydrogen (secondary N) is 1. The van der Waals surface area contributed by atoms with Gasteiger partial charge in [0, 0.05) is 25.2 Å². The molecule has 0 aromatic heterocycles. The van der Waals surface area contributed by atoms with Gasteiger partial charge in [-0.2, -0.15) is 0 Å². The zero-order valence-electron chi connectivity index (χ0n) is 11.2. The number of halogens is 1. The Kier molecular flexibility index (Phi) is 7.48. The van der Waals surface area contributed by atoms with Gasteiger partial charge in [-0.25, -0.2) is 0 Å². The van der Waals surface area contributed by atoms with Crippen LogP contribution < -0.4 is 11.1 Å². The van der Waals surface area contributed by atoms with Crippen LogP contribution in [0, 0.1) is 0 Å². The molecule has 3 N–H and O–H groups in total. The van der Waals surface area contributed by atoms with Crippen molar-refractivity contribution in [3.05, 3.63) is 34.9 Å². The largest absolute Gasteiger partial charge is 0.380 e. The number of hydrogen-bond acceptors (Lipinski definition) is 3. The van der Waals surface area contributed by atoms with E-state index >= 15 is 0 Å². The molecule has 1 aromatic carbocycles. The summed E-state index contributed by atoms with van der Waals surface area (Å²) in [5.41, 5.74) is 6.68. The fourth-order valence-corrected chi connectivity index (χ4v) is 1.84. The molecule has 0 aliphatic rings. The molecule has 4 nitrogen and oxygen atoms in total. The average Bonchev–Trinajstić information content (AvgIpc) is 2.43. The first-order chi connectivity index (χ1) is 9.15. The Bertz CT molecular complexity index is 378. The monoisotopic (exact) mass is 284 g/mol. The quantitative estimate of drug-likeness (QED) is 0.715. The summed E-state index contributed by atoms with van der Waals surface area (Å²) >= 11 is 5.81. The Morgan fingerprint density at radius 1 is 1.42 bits per heavy atom. The number of rotatable bonds is 8. The number of benzene rings is 1. The van der Waals surface area contributed by atoms with Crippen LogP contribution in [0.1, 0.15) is 18.4 Å². The summed E-state index contributed by atoms with van der Waals surface area (Å²) in [7, 11) is 1.56. The molecule has 0 fully saturated rings. The van der Waals surface area contributed by atoms with E-state index in [4.69, 9.17) is 22.1 Å². The van der Waals surface area contributed by atoms with Gasteiger partial charge in [0.15, 0.2) is 0 Å². The minimum atomic E-state index is -0.198. The summed E-state index contributed by atoms with van der Waals surface area (Å²) < 4.78 is 5.06. The molecule has 1 unspecified atom stereocenters. The van der Waals surface area contributed by atoms with Gasteiger partial charge in [0.05, 0.1) is 12.5 Å². The fraction of sp³-hybridized carbons (Fsp3) is 0.500. The van der Waals surface area contributed by atoms with Crippen LogP contribution >= 0.6 is 11.6 Å². The van der Waals surface area contributed by atoms with Crippen LogP contribution in [0.4, 0.5) is 0 Å². The van der Waals surface area contributed by atoms with Crippen molar-refractivity contribution in [2.45, 2.75) is 25.4 Å². The van der Waals surface area contributed by atoms with E-state index in [1.807, 2.05) is 24.3 Å². The number of aryl methyl sites for hydroxylation is 1. The van der Waals surface area contributed by atoms with Crippen molar-refractivity contribution >= 4 is 17.5 Å². The van der Waals surface area contributed by atoms with Crippen molar-refractivity contribution in [1.29, 1.82) is 0 Å². The highest BCUT2D eigenvalue weighted by Gasteiger charge is 2.10. The molecule has 1 atom stereocenters. The SMILES string of the molecule is COC(CN)CC(=O)NCCCc1ccc(Cl)cc1. The van der Waals surface area contributed by atoms with Crippen molar-refractivity contribution in [1.82, 2.24) is 5.32 Å². The molecule has 0 radical (unpaired) electrons. The van der Waals surface area contributed by atoms with Crippen LogP contribution in [0.25, 0.3) is 0 Å². The van der Waals surface area contributed by atoms with Crippen LogP contribution in [0.3, 0.4) is 0 Å². The van der Waals surface area contributed by atoms with E-state index < -0.39 is 0 Å². The van der Waals surface area contributed by atoms with Crippen molar-refractivity contribution in [3.63, 3.8) is 0 Å². The number of amides is 1. The number of nitrogens with two attached hydrogens (primary N) is 1. The summed E-state index contributed by atoms with van der Waals surface area (Å²) in [5.74, 6) is -0.0200. The van der Waals surface area contributed by atoms with Gasteiger partial charge in [0.1, 0.15) is 0 Å². The number of carbonyl (C=O) groups excluding carboxylic acids is 1. The van der Waals surface area contributed by atoms with Crippen molar-refractivity contribution in [2.75, 3.05) is 20.2 Å². The minimum absolute atomic E-state index is 0.0200. The average molecular weight is 285 g/mol. The molecule has 0 aliphatic heterocycles. The summed E-state index contributed by atoms with van der Waals surface area (Å²) in [5, 5.41) is 3.60. The van der Waals surface area contributed by atoms with Gasteiger partial charge in [-0.3, -0.25) is 4.79 Å². The number of ether oxygens (including phenoxy) is 1. The first-order valence-electron chi connectivity index (χ1n) is 6.39. The Labute approximate surface area is 119 Å². The Morgan fingerprint density at radius 2 is 2.11 bits per heavy atom. The number of methoxy groups -OCH3 is 1. The first-order valence-corrected chi connectivity index (χ1v) is 6.77. The molecule has 5 heteroatoms. The number of carbonyl (C=O) groups is 1. The Morgan fingerprint density at radius 3 is 2.68 bits per heavy atom. The Balaban J connectivity index is 2.16. The molecule has 1 rings (SSSR count). The van der Waals surface area contributed by atoms with Crippen LogP contribution in [-0.4, -0.2) is 32.2 Å². The third-order valence-corrected chi connectivity index (χ3v) is 3.14. The van der Waals surface area contributed by atoms with E-state index in [1.54, 1.807) is 7.11 Å². The van der Waals surface area contributed by atoms with Crippen LogP contribution in [0.15, 0.2) is 24.3 Å². The predicted octanol–water partition coefficient (Wildman–Crippen LogP) is 1.75. The van der Waals surface area contributed by atoms with E-state index in [1.165, 1.54) is 5.56 Å². The van der Waals surface area contributed by atoms with Crippen LogP contribution in [-0.2, 0) is 16.0 Å². The first kappa shape index (κ1) is 16.0. The maximum atomic E-state index is 11.6. The molecule has 0 aliphatic carbocycles. The molecule has 0 bridgehead atoms. The van der Waals surface area contributed by atoms with E-state index in [-0.39, 0.29) is 12.0 Å². The molecular weight excluding hydrogens is 264 g/mol. The van der Waals surface area contributed by atoms with Gasteiger partial charge in [0.2, 0.25) is 5.91 Å². The normalized spacial score (nSPS) is 12.2. The third kappa shape index (κ3) is 6.57. The molecule has 0 spiro atoms. The van der Waals surface area contributed by atoms with Gasteiger partial charge < -0.3 is 15.8 Å². The van der Waals surface area contributed by atoms with E-state index in [0.717, 1.165) is 17.9 Å². The lowest BCUT2D eigenvalue weighted by atomic mass is 10.1. The molecule has 1 aromatic rings. The Hall–Kier alpha value is -1.10. The van der Waals surface area contributed by atoms with Crippen molar-refractivity contribution in [2.24, 2.45) is 5.73 Å². The standard InChI is InChI=1S/C14H21ClN2O2/c1-19-13(10-16)9-14(18)17-8-2-3-11-4-6-12(15)7-5-11/h4-7,13H,2-3,8-10,16H2,1H3,(H,17,18). The molecule has 19 heavy (non-hydrogen) atoms. The van der Waals surface area contributed by atoms with Crippen molar-refractivity contribution < 1.29 is 9.53 Å². The summed E-state index contributed by atoms with van der Waals surface area (Å²) in [4.78, 5) is 11.6. The highest BCUT2D eigenvalue weighted by atomic mass is 35.5. The molecule has 0 saturated heterocycles. The zero-order chi connectivity index (χ0) is 14.1. The van der Waals surface area contributed by atoms with Gasteiger partial charge in [-0.15, -0.1) is 0 Å². The molecule has 106 valence electrons. The topological polar surface area (TPSA) is 64.3 Å². The van der Waals surface area contributed by atoms with Gasteiger partial charge >= 0.3 is 0 Å². The van der Waals surface area contributed by atoms with Crippen LogP contribution in [0.5, 0.6) is 0 Å². The van der Waals surface area contributed by atoms with E-state index in [2.05, 4.69) is 5.32 Å². The maximum absolute atomic E-state index is 11.6. The second-order valence-corrected chi connectivity index (χ2v) is 4.81. The lowest BCUT2D eigenvalue weighted by Gasteiger charge is -2.12. The highest BCUT2D eigenvalue weighted by Crippen LogP contribution is 2.10. The second kappa shape index (κ2) is 8.91. The highest BCUT2D eigenvalue weighted by molar-refractivity contribution is 6.30.